The molecular weight excluding hydrogens is 262 g/mol. The highest BCUT2D eigenvalue weighted by molar-refractivity contribution is 5.31. The van der Waals surface area contributed by atoms with Crippen molar-refractivity contribution in [1.29, 1.82) is 0 Å². The lowest BCUT2D eigenvalue weighted by molar-refractivity contribution is 0.0497. The van der Waals surface area contributed by atoms with Gasteiger partial charge in [-0.2, -0.15) is 0 Å². The van der Waals surface area contributed by atoms with E-state index < -0.39 is 17.2 Å². The van der Waals surface area contributed by atoms with Crippen molar-refractivity contribution in [2.45, 2.75) is 18.9 Å². The normalized spacial score (nSPS) is 13.8. The number of rotatable bonds is 4. The third-order valence-electron chi connectivity index (χ3n) is 3.21. The number of aliphatic hydroxyl groups is 1. The Morgan fingerprint density at radius 3 is 2.10 bits per heavy atom. The quantitative estimate of drug-likeness (QED) is 0.928. The first-order valence-corrected chi connectivity index (χ1v) is 6.24. The molecule has 2 rings (SSSR count). The summed E-state index contributed by atoms with van der Waals surface area (Å²) in [6.45, 7) is 1.40. The lowest BCUT2D eigenvalue weighted by atomic mass is 9.88. The lowest BCUT2D eigenvalue weighted by Crippen LogP contribution is -2.27. The molecule has 0 aromatic heterocycles. The van der Waals surface area contributed by atoms with Gasteiger partial charge in [0.05, 0.1) is 18.3 Å². The van der Waals surface area contributed by atoms with Crippen molar-refractivity contribution >= 4 is 0 Å². The van der Waals surface area contributed by atoms with Crippen molar-refractivity contribution < 1.29 is 18.6 Å². The standard InChI is InChI=1S/C16H16F2O2/c1-16(19,15-13(17)4-3-5-14(15)18)10-11-6-8-12(20-2)9-7-11/h3-9,19H,10H2,1-2H3. The molecule has 0 amide bonds. The molecule has 0 saturated heterocycles. The first-order valence-electron chi connectivity index (χ1n) is 6.24. The van der Waals surface area contributed by atoms with Crippen molar-refractivity contribution in [3.8, 4) is 5.75 Å². The second kappa shape index (κ2) is 5.59. The zero-order valence-corrected chi connectivity index (χ0v) is 11.4. The van der Waals surface area contributed by atoms with E-state index in [9.17, 15) is 13.9 Å². The molecule has 0 aliphatic rings. The van der Waals surface area contributed by atoms with Gasteiger partial charge >= 0.3 is 0 Å². The second-order valence-corrected chi connectivity index (χ2v) is 4.90. The maximum Gasteiger partial charge on any atom is 0.132 e. The molecule has 2 aromatic carbocycles. The number of benzene rings is 2. The summed E-state index contributed by atoms with van der Waals surface area (Å²) in [4.78, 5) is 0. The summed E-state index contributed by atoms with van der Waals surface area (Å²) in [6.07, 6.45) is 0.106. The number of methoxy groups -OCH3 is 1. The van der Waals surface area contributed by atoms with Crippen LogP contribution in [0.5, 0.6) is 5.75 Å². The Morgan fingerprint density at radius 2 is 1.60 bits per heavy atom. The van der Waals surface area contributed by atoms with Gasteiger partial charge < -0.3 is 9.84 Å². The van der Waals surface area contributed by atoms with Gasteiger partial charge in [-0.05, 0) is 36.8 Å². The van der Waals surface area contributed by atoms with Gasteiger partial charge in [0.15, 0.2) is 0 Å². The largest absolute Gasteiger partial charge is 0.497 e. The van der Waals surface area contributed by atoms with E-state index in [4.69, 9.17) is 4.74 Å². The Morgan fingerprint density at radius 1 is 1.05 bits per heavy atom. The van der Waals surface area contributed by atoms with Crippen LogP contribution in [0, 0.1) is 11.6 Å². The van der Waals surface area contributed by atoms with Crippen LogP contribution in [0.1, 0.15) is 18.1 Å². The van der Waals surface area contributed by atoms with E-state index in [1.54, 1.807) is 31.4 Å². The van der Waals surface area contributed by atoms with E-state index in [2.05, 4.69) is 0 Å². The zero-order chi connectivity index (χ0) is 14.8. The molecular formula is C16H16F2O2. The van der Waals surface area contributed by atoms with Gasteiger partial charge in [0.2, 0.25) is 0 Å². The number of hydrogen-bond acceptors (Lipinski definition) is 2. The highest BCUT2D eigenvalue weighted by atomic mass is 19.1. The second-order valence-electron chi connectivity index (χ2n) is 4.90. The molecule has 1 unspecified atom stereocenters. The maximum atomic E-state index is 13.7. The fraction of sp³-hybridized carbons (Fsp3) is 0.250. The van der Waals surface area contributed by atoms with E-state index in [-0.39, 0.29) is 12.0 Å². The molecule has 0 aliphatic heterocycles. The average Bonchev–Trinajstić information content (AvgIpc) is 2.38. The Labute approximate surface area is 116 Å². The van der Waals surface area contributed by atoms with Crippen LogP contribution in [-0.4, -0.2) is 12.2 Å². The number of hydrogen-bond donors (Lipinski definition) is 1. The molecule has 1 N–H and O–H groups in total. The zero-order valence-electron chi connectivity index (χ0n) is 11.4. The summed E-state index contributed by atoms with van der Waals surface area (Å²) in [6, 6.07) is 10.5. The summed E-state index contributed by atoms with van der Waals surface area (Å²) >= 11 is 0. The van der Waals surface area contributed by atoms with Gasteiger partial charge in [-0.25, -0.2) is 8.78 Å². The molecule has 4 heteroatoms. The summed E-state index contributed by atoms with van der Waals surface area (Å²) in [5.74, 6) is -0.808. The number of halogens is 2. The highest BCUT2D eigenvalue weighted by Gasteiger charge is 2.30. The van der Waals surface area contributed by atoms with Crippen molar-refractivity contribution in [3.63, 3.8) is 0 Å². The third-order valence-corrected chi connectivity index (χ3v) is 3.21. The van der Waals surface area contributed by atoms with Crippen LogP contribution in [0.25, 0.3) is 0 Å². The van der Waals surface area contributed by atoms with Gasteiger partial charge in [-0.1, -0.05) is 18.2 Å². The maximum absolute atomic E-state index is 13.7. The Balaban J connectivity index is 2.30. The summed E-state index contributed by atoms with van der Waals surface area (Å²) in [5.41, 5.74) is -1.17. The summed E-state index contributed by atoms with van der Waals surface area (Å²) in [5, 5.41) is 10.4. The minimum absolute atomic E-state index is 0.106. The van der Waals surface area contributed by atoms with Crippen LogP contribution in [0.2, 0.25) is 0 Å². The van der Waals surface area contributed by atoms with E-state index >= 15 is 0 Å². The van der Waals surface area contributed by atoms with E-state index in [0.717, 1.165) is 17.7 Å². The Hall–Kier alpha value is -1.94. The predicted octanol–water partition coefficient (Wildman–Crippen LogP) is 3.42. The first-order chi connectivity index (χ1) is 9.44. The van der Waals surface area contributed by atoms with Gasteiger partial charge in [-0.15, -0.1) is 0 Å². The predicted molar refractivity (Wildman–Crippen MR) is 72.6 cm³/mol. The van der Waals surface area contributed by atoms with Gasteiger partial charge in [0.1, 0.15) is 17.4 Å². The van der Waals surface area contributed by atoms with Crippen LogP contribution in [-0.2, 0) is 12.0 Å². The van der Waals surface area contributed by atoms with E-state index in [0.29, 0.717) is 5.75 Å². The van der Waals surface area contributed by atoms with Crippen LogP contribution in [0.15, 0.2) is 42.5 Å². The van der Waals surface area contributed by atoms with E-state index in [1.807, 2.05) is 0 Å². The fourth-order valence-corrected chi connectivity index (χ4v) is 2.24. The molecule has 2 aromatic rings. The smallest absolute Gasteiger partial charge is 0.132 e. The molecule has 1 atom stereocenters. The van der Waals surface area contributed by atoms with E-state index in [1.165, 1.54) is 13.0 Å². The highest BCUT2D eigenvalue weighted by Crippen LogP contribution is 2.30. The van der Waals surface area contributed by atoms with Gasteiger partial charge in [0, 0.05) is 6.42 Å². The molecule has 0 fully saturated rings. The van der Waals surface area contributed by atoms with Crippen LogP contribution >= 0.6 is 0 Å². The molecule has 0 saturated carbocycles. The van der Waals surface area contributed by atoms with Crippen LogP contribution in [0.4, 0.5) is 8.78 Å². The minimum atomic E-state index is -1.62. The number of ether oxygens (including phenoxy) is 1. The first kappa shape index (κ1) is 14.5. The molecule has 2 nitrogen and oxygen atoms in total. The SMILES string of the molecule is COc1ccc(CC(C)(O)c2c(F)cccc2F)cc1. The van der Waals surface area contributed by atoms with Crippen LogP contribution in [0.3, 0.4) is 0 Å². The van der Waals surface area contributed by atoms with Gasteiger partial charge in [-0.3, -0.25) is 0 Å². The molecule has 0 aliphatic carbocycles. The molecule has 0 bridgehead atoms. The topological polar surface area (TPSA) is 29.5 Å². The van der Waals surface area contributed by atoms with Crippen molar-refractivity contribution in [2.75, 3.05) is 7.11 Å². The summed E-state index contributed by atoms with van der Waals surface area (Å²) < 4.78 is 32.5. The molecule has 0 radical (unpaired) electrons. The van der Waals surface area contributed by atoms with Crippen molar-refractivity contribution in [1.82, 2.24) is 0 Å². The Bertz CT molecular complexity index is 572. The minimum Gasteiger partial charge on any atom is -0.497 e. The van der Waals surface area contributed by atoms with Gasteiger partial charge in [0.25, 0.3) is 0 Å². The molecule has 106 valence electrons. The summed E-state index contributed by atoms with van der Waals surface area (Å²) in [7, 11) is 1.56. The lowest BCUT2D eigenvalue weighted by Gasteiger charge is -2.25. The molecule has 20 heavy (non-hydrogen) atoms. The molecule has 0 heterocycles. The average molecular weight is 278 g/mol. The van der Waals surface area contributed by atoms with Crippen LogP contribution < -0.4 is 4.74 Å². The van der Waals surface area contributed by atoms with Crippen molar-refractivity contribution in [3.05, 3.63) is 65.2 Å². The third kappa shape index (κ3) is 2.96. The Kier molecular flexibility index (Phi) is 4.04. The fourth-order valence-electron chi connectivity index (χ4n) is 2.24. The molecule has 0 spiro atoms. The monoisotopic (exact) mass is 278 g/mol. The van der Waals surface area contributed by atoms with Crippen molar-refractivity contribution in [2.24, 2.45) is 0 Å².